The second kappa shape index (κ2) is 7.12. The maximum atomic E-state index is 11.3. The minimum atomic E-state index is -0.0894. The maximum Gasteiger partial charge on any atom is 0.309 e. The molecule has 0 aliphatic carbocycles. The van der Waals surface area contributed by atoms with Gasteiger partial charge in [0.2, 0.25) is 0 Å². The van der Waals surface area contributed by atoms with E-state index in [2.05, 4.69) is 5.32 Å². The quantitative estimate of drug-likeness (QED) is 0.731. The van der Waals surface area contributed by atoms with Crippen molar-refractivity contribution in [2.45, 2.75) is 32.7 Å². The molecule has 0 aromatic heterocycles. The van der Waals surface area contributed by atoms with Crippen LogP contribution >= 0.6 is 11.8 Å². The minimum Gasteiger partial charge on any atom is -0.466 e. The van der Waals surface area contributed by atoms with E-state index in [4.69, 9.17) is 4.74 Å². The van der Waals surface area contributed by atoms with E-state index in [-0.39, 0.29) is 11.9 Å². The van der Waals surface area contributed by atoms with Gasteiger partial charge in [-0.3, -0.25) is 4.79 Å². The van der Waals surface area contributed by atoms with E-state index in [1.165, 1.54) is 24.3 Å². The summed E-state index contributed by atoms with van der Waals surface area (Å²) in [5, 5.41) is 3.44. The van der Waals surface area contributed by atoms with Crippen molar-refractivity contribution in [1.82, 2.24) is 5.32 Å². The molecule has 1 aliphatic heterocycles. The molecule has 0 amide bonds. The van der Waals surface area contributed by atoms with Crippen molar-refractivity contribution >= 4 is 17.7 Å². The summed E-state index contributed by atoms with van der Waals surface area (Å²) in [5.74, 6) is 2.34. The highest BCUT2D eigenvalue weighted by atomic mass is 32.2. The summed E-state index contributed by atoms with van der Waals surface area (Å²) < 4.78 is 4.96. The highest BCUT2D eigenvalue weighted by Gasteiger charge is 2.17. The molecule has 0 aromatic rings. The van der Waals surface area contributed by atoms with Gasteiger partial charge in [-0.1, -0.05) is 6.92 Å². The minimum absolute atomic E-state index is 0.0307. The Morgan fingerprint density at radius 1 is 1.67 bits per heavy atom. The highest BCUT2D eigenvalue weighted by Crippen LogP contribution is 2.17. The molecule has 3 nitrogen and oxygen atoms in total. The second-order valence-electron chi connectivity index (χ2n) is 3.98. The van der Waals surface area contributed by atoms with Gasteiger partial charge in [-0.15, -0.1) is 0 Å². The summed E-state index contributed by atoms with van der Waals surface area (Å²) in [6.07, 6.45) is 2.53. The first-order chi connectivity index (χ1) is 7.24. The predicted molar refractivity (Wildman–Crippen MR) is 64.1 cm³/mol. The zero-order valence-electron chi connectivity index (χ0n) is 9.62. The van der Waals surface area contributed by atoms with Crippen molar-refractivity contribution in [3.05, 3.63) is 0 Å². The Bertz CT molecular complexity index is 193. The van der Waals surface area contributed by atoms with E-state index in [1.807, 2.05) is 25.6 Å². The molecular weight excluding hydrogens is 210 g/mol. The number of nitrogens with one attached hydrogen (secondary N) is 1. The Hall–Kier alpha value is -0.220. The number of rotatable bonds is 5. The van der Waals surface area contributed by atoms with Gasteiger partial charge in [0.1, 0.15) is 0 Å². The van der Waals surface area contributed by atoms with Gasteiger partial charge in [-0.2, -0.15) is 11.8 Å². The second-order valence-corrected chi connectivity index (χ2v) is 5.13. The molecule has 1 N–H and O–H groups in total. The average Bonchev–Trinajstić information content (AvgIpc) is 2.27. The van der Waals surface area contributed by atoms with Crippen LogP contribution in [0.5, 0.6) is 0 Å². The highest BCUT2D eigenvalue weighted by molar-refractivity contribution is 7.99. The van der Waals surface area contributed by atoms with E-state index >= 15 is 0 Å². The first kappa shape index (κ1) is 12.8. The van der Waals surface area contributed by atoms with E-state index in [1.54, 1.807) is 0 Å². The zero-order valence-corrected chi connectivity index (χ0v) is 10.4. The molecule has 1 saturated heterocycles. The lowest BCUT2D eigenvalue weighted by atomic mass is 10.1. The van der Waals surface area contributed by atoms with Gasteiger partial charge in [0.25, 0.3) is 0 Å². The molecule has 1 aliphatic rings. The molecule has 0 spiro atoms. The summed E-state index contributed by atoms with van der Waals surface area (Å²) in [4.78, 5) is 11.3. The molecule has 88 valence electrons. The van der Waals surface area contributed by atoms with E-state index in [0.717, 1.165) is 6.54 Å². The SMILES string of the molecule is CCOC(=O)C(C)CNC1CCCSC1. The Balaban J connectivity index is 2.14. The summed E-state index contributed by atoms with van der Waals surface area (Å²) in [6.45, 7) is 4.98. The first-order valence-corrected chi connectivity index (χ1v) is 6.87. The molecule has 4 heteroatoms. The van der Waals surface area contributed by atoms with Crippen LogP contribution in [0.2, 0.25) is 0 Å². The Morgan fingerprint density at radius 2 is 2.47 bits per heavy atom. The van der Waals surface area contributed by atoms with E-state index in [0.29, 0.717) is 12.6 Å². The van der Waals surface area contributed by atoms with Crippen LogP contribution in [0.25, 0.3) is 0 Å². The molecule has 1 fully saturated rings. The number of hydrogen-bond donors (Lipinski definition) is 1. The van der Waals surface area contributed by atoms with Crippen molar-refractivity contribution in [1.29, 1.82) is 0 Å². The first-order valence-electron chi connectivity index (χ1n) is 5.71. The third kappa shape index (κ3) is 4.89. The van der Waals surface area contributed by atoms with E-state index < -0.39 is 0 Å². The van der Waals surface area contributed by atoms with Crippen molar-refractivity contribution in [2.75, 3.05) is 24.7 Å². The van der Waals surface area contributed by atoms with Crippen molar-refractivity contribution in [2.24, 2.45) is 5.92 Å². The number of esters is 1. The fourth-order valence-electron chi connectivity index (χ4n) is 1.61. The smallest absolute Gasteiger partial charge is 0.309 e. The van der Waals surface area contributed by atoms with Crippen molar-refractivity contribution in [3.8, 4) is 0 Å². The lowest BCUT2D eigenvalue weighted by Gasteiger charge is -2.23. The van der Waals surface area contributed by atoms with Crippen LogP contribution < -0.4 is 5.32 Å². The normalized spacial score (nSPS) is 23.5. The fourth-order valence-corrected chi connectivity index (χ4v) is 2.72. The van der Waals surface area contributed by atoms with Crippen LogP contribution in [-0.4, -0.2) is 36.7 Å². The molecule has 0 radical (unpaired) electrons. The lowest BCUT2D eigenvalue weighted by molar-refractivity contribution is -0.147. The van der Waals surface area contributed by atoms with Gasteiger partial charge in [-0.05, 0) is 25.5 Å². The Kier molecular flexibility index (Phi) is 6.10. The zero-order chi connectivity index (χ0) is 11.1. The number of thioether (sulfide) groups is 1. The van der Waals surface area contributed by atoms with Gasteiger partial charge in [0, 0.05) is 18.3 Å². The predicted octanol–water partition coefficient (Wildman–Crippen LogP) is 1.67. The average molecular weight is 231 g/mol. The molecule has 1 rings (SSSR count). The third-order valence-electron chi connectivity index (χ3n) is 2.56. The van der Waals surface area contributed by atoms with Crippen LogP contribution in [0.4, 0.5) is 0 Å². The molecule has 2 atom stereocenters. The molecular formula is C11H21NO2S. The molecule has 1 heterocycles. The number of ether oxygens (including phenoxy) is 1. The third-order valence-corrected chi connectivity index (χ3v) is 3.78. The number of carbonyl (C=O) groups excluding carboxylic acids is 1. The van der Waals surface area contributed by atoms with Crippen LogP contribution in [0.1, 0.15) is 26.7 Å². The molecule has 15 heavy (non-hydrogen) atoms. The topological polar surface area (TPSA) is 38.3 Å². The van der Waals surface area contributed by atoms with Gasteiger partial charge in [0.15, 0.2) is 0 Å². The maximum absolute atomic E-state index is 11.3. The number of carbonyl (C=O) groups is 1. The van der Waals surface area contributed by atoms with Gasteiger partial charge in [0.05, 0.1) is 12.5 Å². The van der Waals surface area contributed by atoms with Crippen LogP contribution in [0, 0.1) is 5.92 Å². The van der Waals surface area contributed by atoms with Crippen LogP contribution in [0.15, 0.2) is 0 Å². The van der Waals surface area contributed by atoms with E-state index in [9.17, 15) is 4.79 Å². The fraction of sp³-hybridized carbons (Fsp3) is 0.909. The molecule has 0 aromatic carbocycles. The van der Waals surface area contributed by atoms with Crippen LogP contribution in [-0.2, 0) is 9.53 Å². The standard InChI is InChI=1S/C11H21NO2S/c1-3-14-11(13)9(2)7-12-10-5-4-6-15-8-10/h9-10,12H,3-8H2,1-2H3. The van der Waals surface area contributed by atoms with Crippen molar-refractivity contribution in [3.63, 3.8) is 0 Å². The van der Waals surface area contributed by atoms with Gasteiger partial charge < -0.3 is 10.1 Å². The largest absolute Gasteiger partial charge is 0.466 e. The number of hydrogen-bond acceptors (Lipinski definition) is 4. The molecule has 2 unspecified atom stereocenters. The summed E-state index contributed by atoms with van der Waals surface area (Å²) >= 11 is 1.99. The summed E-state index contributed by atoms with van der Waals surface area (Å²) in [7, 11) is 0. The van der Waals surface area contributed by atoms with Crippen LogP contribution in [0.3, 0.4) is 0 Å². The monoisotopic (exact) mass is 231 g/mol. The Labute approximate surface area is 96.3 Å². The lowest BCUT2D eigenvalue weighted by Crippen LogP contribution is -2.38. The summed E-state index contributed by atoms with van der Waals surface area (Å²) in [5.41, 5.74) is 0. The summed E-state index contributed by atoms with van der Waals surface area (Å²) in [6, 6.07) is 0.584. The van der Waals surface area contributed by atoms with Gasteiger partial charge >= 0.3 is 5.97 Å². The van der Waals surface area contributed by atoms with Crippen molar-refractivity contribution < 1.29 is 9.53 Å². The molecule has 0 bridgehead atoms. The Morgan fingerprint density at radius 3 is 3.07 bits per heavy atom. The molecule has 0 saturated carbocycles. The van der Waals surface area contributed by atoms with Gasteiger partial charge in [-0.25, -0.2) is 0 Å².